The number of hydrogen-bond donors (Lipinski definition) is 0. The zero-order valence-electron chi connectivity index (χ0n) is 10.7. The Hall–Kier alpha value is 0.120. The average molecular weight is 401 g/mol. The monoisotopic (exact) mass is 400 g/mol. The molecule has 1 unspecified atom stereocenters. The van der Waals surface area contributed by atoms with E-state index in [2.05, 4.69) is 21.8 Å². The van der Waals surface area contributed by atoms with Crippen molar-refractivity contribution in [2.75, 3.05) is 10.7 Å². The Balaban J connectivity index is 2.54. The molecule has 100 valence electrons. The Labute approximate surface area is 123 Å². The standard InChI is InChI=1S/C12H15ClFIN2S/c1-5-18-12-15(4)10-8(7(3)17-12)6(2)16-11(13)9(10)14/h10H,5H2,1-4H3. The van der Waals surface area contributed by atoms with E-state index in [0.717, 1.165) is 25.8 Å². The van der Waals surface area contributed by atoms with E-state index in [4.69, 9.17) is 11.6 Å². The third kappa shape index (κ3) is 2.41. The number of hydrogen-bond acceptors (Lipinski definition) is 3. The molecule has 0 radical (unpaired) electrons. The molecule has 0 aliphatic carbocycles. The van der Waals surface area contributed by atoms with Crippen molar-refractivity contribution < 1.29 is 4.39 Å². The molecule has 0 aromatic rings. The number of rotatable bonds is 1. The van der Waals surface area contributed by atoms with E-state index in [0.29, 0.717) is 0 Å². The van der Waals surface area contributed by atoms with Crippen LogP contribution in [0.5, 0.6) is 0 Å². The summed E-state index contributed by atoms with van der Waals surface area (Å²) >= 11 is 5.95. The zero-order chi connectivity index (χ0) is 13.4. The summed E-state index contributed by atoms with van der Waals surface area (Å²) in [7, 11) is 0. The van der Waals surface area contributed by atoms with E-state index in [1.54, 1.807) is 11.8 Å². The van der Waals surface area contributed by atoms with Gasteiger partial charge in [-0.15, -0.1) is 0 Å². The van der Waals surface area contributed by atoms with Crippen LogP contribution in [-0.2, 0) is 0 Å². The molecular weight excluding hydrogens is 386 g/mol. The van der Waals surface area contributed by atoms with Crippen LogP contribution in [0.25, 0.3) is 0 Å². The molecule has 0 spiro atoms. The topological polar surface area (TPSA) is 24.7 Å². The molecule has 0 aromatic heterocycles. The third-order valence-electron chi connectivity index (χ3n) is 2.82. The van der Waals surface area contributed by atoms with Crippen molar-refractivity contribution in [3.8, 4) is 0 Å². The molecule has 18 heavy (non-hydrogen) atoms. The van der Waals surface area contributed by atoms with E-state index in [9.17, 15) is 4.39 Å². The zero-order valence-corrected chi connectivity index (χ0v) is 14.5. The average Bonchev–Trinajstić information content (AvgIpc) is 2.30. The molecular formula is C12H15ClFIN2S. The molecule has 0 aromatic carbocycles. The van der Waals surface area contributed by atoms with Gasteiger partial charge in [0.1, 0.15) is 0 Å². The molecule has 2 rings (SSSR count). The third-order valence-corrected chi connectivity index (χ3v) is 11.0. The fraction of sp³-hybridized carbons (Fsp3) is 0.500. The molecule has 2 nitrogen and oxygen atoms in total. The predicted molar refractivity (Wildman–Crippen MR) is 89.1 cm³/mol. The second-order valence-corrected chi connectivity index (χ2v) is 11.6. The molecule has 2 aliphatic rings. The molecule has 2 heterocycles. The number of thioether (sulfide) groups is 1. The van der Waals surface area contributed by atoms with Crippen molar-refractivity contribution in [3.05, 3.63) is 22.3 Å². The van der Waals surface area contributed by atoms with Gasteiger partial charge in [0.25, 0.3) is 0 Å². The van der Waals surface area contributed by atoms with Crippen molar-refractivity contribution in [2.45, 2.75) is 24.7 Å². The molecule has 0 N–H and O–H groups in total. The van der Waals surface area contributed by atoms with Gasteiger partial charge in [0.05, 0.1) is 0 Å². The number of nitrogens with zero attached hydrogens (tertiary/aromatic N) is 2. The quantitative estimate of drug-likeness (QED) is 0.354. The van der Waals surface area contributed by atoms with Crippen LogP contribution in [0, 0.1) is 0 Å². The summed E-state index contributed by atoms with van der Waals surface area (Å²) in [6, 6.07) is 0. The minimum absolute atomic E-state index is 0.0287. The van der Waals surface area contributed by atoms with E-state index in [1.165, 1.54) is 0 Å². The summed E-state index contributed by atoms with van der Waals surface area (Å²) in [5.74, 6) is 0.718. The summed E-state index contributed by atoms with van der Waals surface area (Å²) in [5, 5.41) is 0.0287. The first kappa shape index (κ1) is 14.5. The summed E-state index contributed by atoms with van der Waals surface area (Å²) in [6.45, 7) is 5.92. The van der Waals surface area contributed by atoms with Crippen LogP contribution in [-0.4, -0.2) is 23.4 Å². The van der Waals surface area contributed by atoms with Crippen LogP contribution in [0.15, 0.2) is 32.2 Å². The van der Waals surface area contributed by atoms with E-state index >= 15 is 0 Å². The van der Waals surface area contributed by atoms with Crippen molar-refractivity contribution in [1.82, 2.24) is 0 Å². The van der Waals surface area contributed by atoms with Gasteiger partial charge in [0.2, 0.25) is 0 Å². The molecule has 0 amide bonds. The van der Waals surface area contributed by atoms with Gasteiger partial charge in [-0.2, -0.15) is 0 Å². The van der Waals surface area contributed by atoms with E-state index in [-0.39, 0.29) is 14.9 Å². The first-order chi connectivity index (χ1) is 8.47. The van der Waals surface area contributed by atoms with Gasteiger partial charge >= 0.3 is 124 Å². The van der Waals surface area contributed by atoms with Crippen LogP contribution >= 0.6 is 43.2 Å². The molecule has 0 saturated heterocycles. The summed E-state index contributed by atoms with van der Waals surface area (Å²) in [6.07, 6.45) is 0. The molecule has 0 fully saturated rings. The molecule has 2 aliphatic heterocycles. The maximum absolute atomic E-state index is 14.3. The molecule has 1 atom stereocenters. The first-order valence-corrected chi connectivity index (χ1v) is 11.4. The summed E-state index contributed by atoms with van der Waals surface area (Å²) < 4.78 is 15.3. The number of fused-ring (bicyclic) bond motifs is 1. The fourth-order valence-electron chi connectivity index (χ4n) is 2.02. The second-order valence-electron chi connectivity index (χ2n) is 4.01. The predicted octanol–water partition coefficient (Wildman–Crippen LogP) is 4.74. The van der Waals surface area contributed by atoms with Crippen LogP contribution in [0.3, 0.4) is 0 Å². The van der Waals surface area contributed by atoms with Crippen LogP contribution in [0.4, 0.5) is 4.39 Å². The Kier molecular flexibility index (Phi) is 4.54. The first-order valence-electron chi connectivity index (χ1n) is 5.58. The Morgan fingerprint density at radius 2 is 2.06 bits per heavy atom. The van der Waals surface area contributed by atoms with Crippen molar-refractivity contribution in [1.29, 1.82) is 0 Å². The van der Waals surface area contributed by atoms with Crippen molar-refractivity contribution >= 4 is 51.9 Å². The summed E-state index contributed by atoms with van der Waals surface area (Å²) in [4.78, 5) is 10.9. The molecule has 0 bridgehead atoms. The Morgan fingerprint density at radius 3 is 2.67 bits per heavy atom. The maximum atomic E-state index is 14.3. The van der Waals surface area contributed by atoms with Gasteiger partial charge in [-0.05, 0) is 0 Å². The number of allylic oxidation sites excluding steroid dienone is 3. The summed E-state index contributed by atoms with van der Waals surface area (Å²) in [5.41, 5.74) is 2.68. The van der Waals surface area contributed by atoms with E-state index in [1.807, 2.05) is 13.8 Å². The van der Waals surface area contributed by atoms with Gasteiger partial charge in [0.15, 0.2) is 0 Å². The van der Waals surface area contributed by atoms with E-state index < -0.39 is 19.8 Å². The Bertz CT molecular complexity index is 510. The number of aliphatic imine (C=N–C) groups is 2. The molecule has 6 heteroatoms. The SMILES string of the molecule is CCSC1=NC(C)=C2C(C)=NC(Cl)=C(F)C2I1C. The van der Waals surface area contributed by atoms with Crippen molar-refractivity contribution in [3.63, 3.8) is 0 Å². The molecule has 0 saturated carbocycles. The minimum atomic E-state index is -1.68. The normalized spacial score (nSPS) is 26.1. The Morgan fingerprint density at radius 1 is 1.39 bits per heavy atom. The number of halogens is 3. The van der Waals surface area contributed by atoms with Gasteiger partial charge in [0, 0.05) is 0 Å². The fourth-order valence-corrected chi connectivity index (χ4v) is 10.3. The van der Waals surface area contributed by atoms with Gasteiger partial charge in [-0.25, -0.2) is 0 Å². The van der Waals surface area contributed by atoms with Gasteiger partial charge in [-0.3, -0.25) is 0 Å². The van der Waals surface area contributed by atoms with Crippen LogP contribution < -0.4 is 0 Å². The van der Waals surface area contributed by atoms with Crippen molar-refractivity contribution in [2.24, 2.45) is 9.98 Å². The second kappa shape index (κ2) is 5.63. The van der Waals surface area contributed by atoms with Crippen LogP contribution in [0.2, 0.25) is 0 Å². The van der Waals surface area contributed by atoms with Gasteiger partial charge in [-0.1, -0.05) is 0 Å². The van der Waals surface area contributed by atoms with Gasteiger partial charge < -0.3 is 0 Å². The number of alkyl halides is 2. The van der Waals surface area contributed by atoms with Crippen LogP contribution in [0.1, 0.15) is 20.8 Å².